The van der Waals surface area contributed by atoms with Crippen molar-refractivity contribution in [3.05, 3.63) is 65.7 Å². The van der Waals surface area contributed by atoms with E-state index in [4.69, 9.17) is 9.47 Å². The van der Waals surface area contributed by atoms with Crippen LogP contribution in [0.15, 0.2) is 54.6 Å². The number of carbonyl (C=O) groups excluding carboxylic acids is 4. The van der Waals surface area contributed by atoms with Gasteiger partial charge in [0.1, 0.15) is 0 Å². The molecular weight excluding hydrogens is 422 g/mol. The highest BCUT2D eigenvalue weighted by atomic mass is 16.5. The summed E-state index contributed by atoms with van der Waals surface area (Å²) in [5.74, 6) is -2.09. The minimum atomic E-state index is -0.887. The lowest BCUT2D eigenvalue weighted by Crippen LogP contribution is -2.31. The topological polar surface area (TPSA) is 90.0 Å². The fourth-order valence-corrected chi connectivity index (χ4v) is 3.63. The zero-order valence-corrected chi connectivity index (χ0v) is 19.0. The molecule has 0 radical (unpaired) electrons. The molecule has 7 heteroatoms. The summed E-state index contributed by atoms with van der Waals surface area (Å²) in [6.45, 7) is 4.33. The van der Waals surface area contributed by atoms with E-state index in [0.717, 1.165) is 12.8 Å². The van der Waals surface area contributed by atoms with Gasteiger partial charge < -0.3 is 14.4 Å². The van der Waals surface area contributed by atoms with E-state index in [1.165, 1.54) is 4.90 Å². The van der Waals surface area contributed by atoms with Gasteiger partial charge in [0.15, 0.2) is 6.10 Å². The Bertz CT molecular complexity index is 986. The molecule has 0 aliphatic carbocycles. The molecule has 0 N–H and O–H groups in total. The highest BCUT2D eigenvalue weighted by Crippen LogP contribution is 2.27. The predicted octanol–water partition coefficient (Wildman–Crippen LogP) is 4.20. The van der Waals surface area contributed by atoms with Crippen LogP contribution in [0.5, 0.6) is 0 Å². The van der Waals surface area contributed by atoms with Gasteiger partial charge in [-0.15, -0.1) is 0 Å². The number of hydrogen-bond donors (Lipinski definition) is 0. The van der Waals surface area contributed by atoms with Gasteiger partial charge in [-0.2, -0.15) is 0 Å². The molecule has 174 valence electrons. The number of anilines is 1. The van der Waals surface area contributed by atoms with Crippen LogP contribution in [-0.2, 0) is 19.1 Å². The van der Waals surface area contributed by atoms with Gasteiger partial charge in [-0.1, -0.05) is 50.6 Å². The number of hydrogen-bond acceptors (Lipinski definition) is 6. The second-order valence-electron chi connectivity index (χ2n) is 8.01. The molecule has 1 saturated heterocycles. The molecule has 2 atom stereocenters. The average molecular weight is 452 g/mol. The first-order valence-corrected chi connectivity index (χ1v) is 11.3. The van der Waals surface area contributed by atoms with Crippen molar-refractivity contribution in [1.29, 1.82) is 0 Å². The number of ketones is 1. The van der Waals surface area contributed by atoms with E-state index in [2.05, 4.69) is 0 Å². The Hall–Kier alpha value is -3.48. The highest BCUT2D eigenvalue weighted by Gasteiger charge is 2.37. The molecule has 0 aromatic heterocycles. The summed E-state index contributed by atoms with van der Waals surface area (Å²) in [6.07, 6.45) is 1.21. The lowest BCUT2D eigenvalue weighted by atomic mass is 10.0. The van der Waals surface area contributed by atoms with Crippen molar-refractivity contribution in [3.8, 4) is 0 Å². The van der Waals surface area contributed by atoms with Crippen LogP contribution < -0.4 is 4.90 Å². The quantitative estimate of drug-likeness (QED) is 0.306. The SMILES string of the molecule is CCCCOC(=O)c1ccc(N2C[C@H](C(=O)O[C@@H](CC)C(=O)c3ccccc3)CC2=O)cc1. The third-order valence-electron chi connectivity index (χ3n) is 5.58. The number of Topliss-reactive ketones (excluding diaryl/α,β-unsaturated/α-hetero) is 1. The lowest BCUT2D eigenvalue weighted by Gasteiger charge is -2.19. The summed E-state index contributed by atoms with van der Waals surface area (Å²) in [7, 11) is 0. The van der Waals surface area contributed by atoms with E-state index in [9.17, 15) is 19.2 Å². The smallest absolute Gasteiger partial charge is 0.338 e. The van der Waals surface area contributed by atoms with Crippen molar-refractivity contribution in [2.45, 2.75) is 45.6 Å². The van der Waals surface area contributed by atoms with Crippen LogP contribution in [0, 0.1) is 5.92 Å². The fourth-order valence-electron chi connectivity index (χ4n) is 3.63. The van der Waals surface area contributed by atoms with Gasteiger partial charge in [0.25, 0.3) is 0 Å². The van der Waals surface area contributed by atoms with Crippen molar-refractivity contribution in [2.75, 3.05) is 18.1 Å². The van der Waals surface area contributed by atoms with E-state index in [1.807, 2.05) is 13.0 Å². The maximum absolute atomic E-state index is 12.7. The van der Waals surface area contributed by atoms with Crippen molar-refractivity contribution in [3.63, 3.8) is 0 Å². The number of unbranched alkanes of at least 4 members (excludes halogenated alkanes) is 1. The summed E-state index contributed by atoms with van der Waals surface area (Å²) < 4.78 is 10.7. The van der Waals surface area contributed by atoms with Crippen LogP contribution in [-0.4, -0.2) is 42.9 Å². The van der Waals surface area contributed by atoms with Crippen molar-refractivity contribution >= 4 is 29.3 Å². The van der Waals surface area contributed by atoms with E-state index in [1.54, 1.807) is 55.5 Å². The maximum atomic E-state index is 12.7. The average Bonchev–Trinajstić information content (AvgIpc) is 3.24. The van der Waals surface area contributed by atoms with Gasteiger partial charge in [-0.3, -0.25) is 14.4 Å². The Kier molecular flexibility index (Phi) is 8.35. The highest BCUT2D eigenvalue weighted by molar-refractivity contribution is 6.02. The Morgan fingerprint density at radius 2 is 1.70 bits per heavy atom. The minimum absolute atomic E-state index is 0.00953. The normalized spacial score (nSPS) is 16.4. The van der Waals surface area contributed by atoms with Crippen LogP contribution in [0.3, 0.4) is 0 Å². The molecular formula is C26H29NO6. The van der Waals surface area contributed by atoms with Crippen LogP contribution in [0.4, 0.5) is 5.69 Å². The van der Waals surface area contributed by atoms with E-state index in [0.29, 0.717) is 29.8 Å². The molecule has 0 saturated carbocycles. The molecule has 1 aliphatic rings. The van der Waals surface area contributed by atoms with Crippen LogP contribution in [0.2, 0.25) is 0 Å². The zero-order chi connectivity index (χ0) is 23.8. The minimum Gasteiger partial charge on any atom is -0.462 e. The molecule has 7 nitrogen and oxygen atoms in total. The first kappa shape index (κ1) is 24.2. The molecule has 1 fully saturated rings. The van der Waals surface area contributed by atoms with Gasteiger partial charge in [-0.05, 0) is 37.1 Å². The predicted molar refractivity (Wildman–Crippen MR) is 123 cm³/mol. The number of nitrogens with zero attached hydrogens (tertiary/aromatic N) is 1. The molecule has 1 aliphatic heterocycles. The van der Waals surface area contributed by atoms with E-state index >= 15 is 0 Å². The fraction of sp³-hybridized carbons (Fsp3) is 0.385. The summed E-state index contributed by atoms with van der Waals surface area (Å²) in [4.78, 5) is 51.5. The molecule has 0 unspecified atom stereocenters. The number of esters is 2. The Balaban J connectivity index is 1.60. The summed E-state index contributed by atoms with van der Waals surface area (Å²) >= 11 is 0. The van der Waals surface area contributed by atoms with Crippen LogP contribution in [0.1, 0.15) is 60.2 Å². The van der Waals surface area contributed by atoms with Gasteiger partial charge in [0.2, 0.25) is 11.7 Å². The molecule has 3 rings (SSSR count). The number of ether oxygens (including phenoxy) is 2. The second-order valence-corrected chi connectivity index (χ2v) is 8.01. The summed E-state index contributed by atoms with van der Waals surface area (Å²) in [5.41, 5.74) is 1.48. The molecule has 1 amide bonds. The largest absolute Gasteiger partial charge is 0.462 e. The van der Waals surface area contributed by atoms with Crippen molar-refractivity contribution in [1.82, 2.24) is 0 Å². The Morgan fingerprint density at radius 3 is 2.33 bits per heavy atom. The molecule has 1 heterocycles. The number of rotatable bonds is 10. The molecule has 33 heavy (non-hydrogen) atoms. The zero-order valence-electron chi connectivity index (χ0n) is 19.0. The standard InChI is InChI=1S/C26H29NO6/c1-3-5-15-32-25(30)19-11-13-21(14-12-19)27-17-20(16-23(27)28)26(31)33-22(4-2)24(29)18-9-7-6-8-10-18/h6-14,20,22H,3-5,15-17H2,1-2H3/t20-,22+/m1/s1. The first-order chi connectivity index (χ1) is 15.9. The summed E-state index contributed by atoms with van der Waals surface area (Å²) in [5, 5.41) is 0. The third kappa shape index (κ3) is 6.06. The van der Waals surface area contributed by atoms with Crippen molar-refractivity contribution < 1.29 is 28.7 Å². The van der Waals surface area contributed by atoms with Gasteiger partial charge in [0.05, 0.1) is 18.1 Å². The van der Waals surface area contributed by atoms with E-state index < -0.39 is 24.0 Å². The van der Waals surface area contributed by atoms with Gasteiger partial charge in [-0.25, -0.2) is 4.79 Å². The second kappa shape index (κ2) is 11.4. The number of benzene rings is 2. The van der Waals surface area contributed by atoms with Gasteiger partial charge >= 0.3 is 11.9 Å². The first-order valence-electron chi connectivity index (χ1n) is 11.3. The van der Waals surface area contributed by atoms with Gasteiger partial charge in [0, 0.05) is 24.2 Å². The molecule has 0 spiro atoms. The molecule has 2 aromatic carbocycles. The Labute approximate surface area is 193 Å². The lowest BCUT2D eigenvalue weighted by molar-refractivity contribution is -0.151. The maximum Gasteiger partial charge on any atom is 0.338 e. The van der Waals surface area contributed by atoms with E-state index in [-0.39, 0.29) is 24.7 Å². The van der Waals surface area contributed by atoms with Crippen LogP contribution in [0.25, 0.3) is 0 Å². The van der Waals surface area contributed by atoms with Crippen LogP contribution >= 0.6 is 0 Å². The van der Waals surface area contributed by atoms with Crippen molar-refractivity contribution in [2.24, 2.45) is 5.92 Å². The third-order valence-corrected chi connectivity index (χ3v) is 5.58. The Morgan fingerprint density at radius 1 is 1.00 bits per heavy atom. The number of amides is 1. The monoisotopic (exact) mass is 451 g/mol. The number of carbonyl (C=O) groups is 4. The molecule has 2 aromatic rings. The summed E-state index contributed by atoms with van der Waals surface area (Å²) in [6, 6.07) is 15.2. The molecule has 0 bridgehead atoms.